The van der Waals surface area contributed by atoms with Crippen molar-refractivity contribution in [1.82, 2.24) is 0 Å². The normalized spacial score (nSPS) is 23.7. The third kappa shape index (κ3) is 2.46. The summed E-state index contributed by atoms with van der Waals surface area (Å²) in [5.74, 6) is 3.11. The van der Waals surface area contributed by atoms with Gasteiger partial charge in [-0.3, -0.25) is 0 Å². The molecule has 2 aliphatic heterocycles. The van der Waals surface area contributed by atoms with Crippen LogP contribution in [0.1, 0.15) is 24.2 Å². The van der Waals surface area contributed by atoms with Gasteiger partial charge in [0.15, 0.2) is 23.0 Å². The van der Waals surface area contributed by atoms with Gasteiger partial charge in [-0.15, -0.1) is 0 Å². The lowest BCUT2D eigenvalue weighted by atomic mass is 9.77. The summed E-state index contributed by atoms with van der Waals surface area (Å²) in [6.07, 6.45) is 0.622. The first kappa shape index (κ1) is 18.2. The van der Waals surface area contributed by atoms with E-state index < -0.39 is 0 Å². The number of phenols is 1. The molecule has 1 saturated heterocycles. The summed E-state index contributed by atoms with van der Waals surface area (Å²) < 4.78 is 34.3. The first-order valence-corrected chi connectivity index (χ1v) is 9.68. The first-order valence-electron chi connectivity index (χ1n) is 9.68. The highest BCUT2D eigenvalue weighted by Crippen LogP contribution is 2.59. The second-order valence-electron chi connectivity index (χ2n) is 7.68. The molecule has 0 saturated carbocycles. The van der Waals surface area contributed by atoms with E-state index in [1.165, 1.54) is 7.11 Å². The van der Waals surface area contributed by atoms with Crippen molar-refractivity contribution in [1.29, 1.82) is 0 Å². The topological polar surface area (TPSA) is 75.6 Å². The van der Waals surface area contributed by atoms with E-state index in [0.29, 0.717) is 41.1 Å². The zero-order valence-corrected chi connectivity index (χ0v) is 16.9. The van der Waals surface area contributed by atoms with Gasteiger partial charge in [0.05, 0.1) is 34.0 Å². The van der Waals surface area contributed by atoms with E-state index in [1.54, 1.807) is 14.2 Å². The van der Waals surface area contributed by atoms with Crippen LogP contribution in [0, 0.1) is 11.8 Å². The first-order chi connectivity index (χ1) is 14.1. The van der Waals surface area contributed by atoms with Crippen LogP contribution in [0.2, 0.25) is 0 Å². The molecular formula is C22H24O7. The molecule has 0 radical (unpaired) electrons. The fourth-order valence-corrected chi connectivity index (χ4v) is 4.85. The molecule has 3 atom stereocenters. The quantitative estimate of drug-likeness (QED) is 0.842. The Morgan fingerprint density at radius 2 is 1.79 bits per heavy atom. The Hall–Kier alpha value is -2.80. The van der Waals surface area contributed by atoms with Crippen LogP contribution in [0.4, 0.5) is 0 Å². The Labute approximate surface area is 169 Å². The van der Waals surface area contributed by atoms with Gasteiger partial charge in [0.2, 0.25) is 18.3 Å². The van der Waals surface area contributed by atoms with Crippen LogP contribution in [-0.2, 0) is 11.2 Å². The van der Waals surface area contributed by atoms with Crippen molar-refractivity contribution in [2.24, 2.45) is 11.8 Å². The molecular weight excluding hydrogens is 376 g/mol. The highest BCUT2D eigenvalue weighted by molar-refractivity contribution is 5.88. The molecule has 29 heavy (non-hydrogen) atoms. The Bertz CT molecular complexity index is 984. The van der Waals surface area contributed by atoms with Gasteiger partial charge in [-0.05, 0) is 41.5 Å². The highest BCUT2D eigenvalue weighted by atomic mass is 16.7. The number of ether oxygens (including phenoxy) is 6. The number of benzene rings is 2. The van der Waals surface area contributed by atoms with Gasteiger partial charge < -0.3 is 33.5 Å². The van der Waals surface area contributed by atoms with Gasteiger partial charge in [0, 0.05) is 11.1 Å². The van der Waals surface area contributed by atoms with Crippen molar-refractivity contribution >= 4 is 0 Å². The van der Waals surface area contributed by atoms with Crippen LogP contribution in [0.5, 0.6) is 34.5 Å². The predicted octanol–water partition coefficient (Wildman–Crippen LogP) is 3.69. The lowest BCUT2D eigenvalue weighted by molar-refractivity contribution is 0.0936. The molecule has 2 aromatic rings. The predicted molar refractivity (Wildman–Crippen MR) is 104 cm³/mol. The van der Waals surface area contributed by atoms with Gasteiger partial charge in [-0.1, -0.05) is 6.92 Å². The summed E-state index contributed by atoms with van der Waals surface area (Å²) in [6.45, 7) is 2.98. The average Bonchev–Trinajstić information content (AvgIpc) is 3.34. The average molecular weight is 400 g/mol. The van der Waals surface area contributed by atoms with Gasteiger partial charge in [-0.25, -0.2) is 0 Å². The second kappa shape index (κ2) is 6.62. The third-order valence-electron chi connectivity index (χ3n) is 6.33. The van der Waals surface area contributed by atoms with E-state index >= 15 is 0 Å². The molecule has 5 rings (SSSR count). The molecule has 2 heterocycles. The van der Waals surface area contributed by atoms with Gasteiger partial charge >= 0.3 is 0 Å². The number of aromatic hydroxyl groups is 1. The van der Waals surface area contributed by atoms with E-state index in [1.807, 2.05) is 12.1 Å². The highest BCUT2D eigenvalue weighted by Gasteiger charge is 2.42. The number of phenolic OH excluding ortho intramolecular Hbond substituents is 1. The Balaban J connectivity index is 1.90. The molecule has 1 aliphatic carbocycles. The number of hydrogen-bond donors (Lipinski definition) is 1. The molecule has 2 aromatic carbocycles. The number of methoxy groups -OCH3 is 3. The zero-order chi connectivity index (χ0) is 20.3. The molecule has 0 amide bonds. The van der Waals surface area contributed by atoms with Gasteiger partial charge in [-0.2, -0.15) is 0 Å². The second-order valence-corrected chi connectivity index (χ2v) is 7.68. The lowest BCUT2D eigenvalue weighted by Crippen LogP contribution is -2.18. The van der Waals surface area contributed by atoms with E-state index in [4.69, 9.17) is 28.4 Å². The minimum atomic E-state index is -0.163. The maximum Gasteiger partial charge on any atom is 0.231 e. The van der Waals surface area contributed by atoms with E-state index in [-0.39, 0.29) is 30.3 Å². The molecule has 0 aromatic heterocycles. The largest absolute Gasteiger partial charge is 0.504 e. The summed E-state index contributed by atoms with van der Waals surface area (Å²) in [5, 5.41) is 11.3. The number of hydrogen-bond acceptors (Lipinski definition) is 7. The summed E-state index contributed by atoms with van der Waals surface area (Å²) in [7, 11) is 4.66. The van der Waals surface area contributed by atoms with Crippen LogP contribution < -0.4 is 23.7 Å². The monoisotopic (exact) mass is 400 g/mol. The van der Waals surface area contributed by atoms with Crippen LogP contribution in [0.3, 0.4) is 0 Å². The Morgan fingerprint density at radius 3 is 2.52 bits per heavy atom. The van der Waals surface area contributed by atoms with Crippen molar-refractivity contribution in [2.45, 2.75) is 19.4 Å². The van der Waals surface area contributed by atoms with Crippen LogP contribution in [0.15, 0.2) is 12.1 Å². The lowest BCUT2D eigenvalue weighted by Gasteiger charge is -2.29. The maximum atomic E-state index is 11.3. The van der Waals surface area contributed by atoms with Gasteiger partial charge in [0.25, 0.3) is 0 Å². The van der Waals surface area contributed by atoms with Crippen molar-refractivity contribution in [3.05, 3.63) is 23.3 Å². The summed E-state index contributed by atoms with van der Waals surface area (Å²) in [5.41, 5.74) is 3.30. The van der Waals surface area contributed by atoms with E-state index in [2.05, 4.69) is 6.92 Å². The van der Waals surface area contributed by atoms with Crippen LogP contribution in [-0.4, -0.2) is 39.8 Å². The Kier molecular flexibility index (Phi) is 4.17. The molecule has 0 spiro atoms. The Morgan fingerprint density at radius 1 is 1.00 bits per heavy atom. The van der Waals surface area contributed by atoms with Crippen LogP contribution in [0.25, 0.3) is 11.1 Å². The van der Waals surface area contributed by atoms with E-state index in [0.717, 1.165) is 23.1 Å². The molecule has 7 nitrogen and oxygen atoms in total. The van der Waals surface area contributed by atoms with Crippen molar-refractivity contribution in [2.75, 3.05) is 34.7 Å². The molecule has 2 bridgehead atoms. The van der Waals surface area contributed by atoms with Crippen LogP contribution >= 0.6 is 0 Å². The number of fused-ring (bicyclic) bond motifs is 7. The standard InChI is InChI=1S/C22H24O7/c1-10-12-5-11-6-15-21(29-9-28-15)22(26-4)16(11)17-13(19(10)27-8-12)7-14(24-2)20(25-3)18(17)23/h6-7,10,12,19,23H,5,8-9H2,1-4H3/t10-,12+,19-/m0/s1. The van der Waals surface area contributed by atoms with Gasteiger partial charge in [0.1, 0.15) is 0 Å². The smallest absolute Gasteiger partial charge is 0.231 e. The van der Waals surface area contributed by atoms with Crippen molar-refractivity contribution in [3.63, 3.8) is 0 Å². The minimum Gasteiger partial charge on any atom is -0.504 e. The fourth-order valence-electron chi connectivity index (χ4n) is 4.85. The molecule has 154 valence electrons. The molecule has 1 fully saturated rings. The van der Waals surface area contributed by atoms with Crippen molar-refractivity contribution in [3.8, 4) is 45.6 Å². The zero-order valence-electron chi connectivity index (χ0n) is 16.9. The molecule has 0 unspecified atom stereocenters. The van der Waals surface area contributed by atoms with Crippen molar-refractivity contribution < 1.29 is 33.5 Å². The molecule has 3 aliphatic rings. The molecule has 1 N–H and O–H groups in total. The minimum absolute atomic E-state index is 0.00131. The SMILES string of the molecule is COc1cc2c(c(O)c1OC)-c1c(cc3c(c1OC)OCO3)C[C@@H]1CO[C@H]2[C@H]1C. The fraction of sp³-hybridized carbons (Fsp3) is 0.455. The maximum absolute atomic E-state index is 11.3. The molecule has 7 heteroatoms. The summed E-state index contributed by atoms with van der Waals surface area (Å²) >= 11 is 0. The number of rotatable bonds is 3. The van der Waals surface area contributed by atoms with E-state index in [9.17, 15) is 5.11 Å². The third-order valence-corrected chi connectivity index (χ3v) is 6.33. The summed E-state index contributed by atoms with van der Waals surface area (Å²) in [6, 6.07) is 3.89. The summed E-state index contributed by atoms with van der Waals surface area (Å²) in [4.78, 5) is 0.